The van der Waals surface area contributed by atoms with E-state index < -0.39 is 5.60 Å². The zero-order valence-corrected chi connectivity index (χ0v) is 20.0. The van der Waals surface area contributed by atoms with Gasteiger partial charge in [-0.25, -0.2) is 4.98 Å². The van der Waals surface area contributed by atoms with Crippen LogP contribution in [-0.4, -0.2) is 19.2 Å². The lowest BCUT2D eigenvalue weighted by Gasteiger charge is -2.30. The van der Waals surface area contributed by atoms with Gasteiger partial charge in [0.2, 0.25) is 5.43 Å². The highest BCUT2D eigenvalue weighted by atomic mass is 35.5. The third kappa shape index (κ3) is 3.80. The smallest absolute Gasteiger partial charge is 0.207 e. The van der Waals surface area contributed by atoms with E-state index in [0.717, 1.165) is 0 Å². The number of hydrogen-bond donors (Lipinski definition) is 1. The van der Waals surface area contributed by atoms with Crippen LogP contribution < -0.4 is 5.43 Å². The van der Waals surface area contributed by atoms with Crippen molar-refractivity contribution in [1.82, 2.24) is 14.1 Å². The molecule has 0 aliphatic carbocycles. The largest absolute Gasteiger partial charge is 0.374 e. The molecule has 0 fully saturated rings. The molecule has 0 saturated carbocycles. The first-order valence-electron chi connectivity index (χ1n) is 10.6. The Morgan fingerprint density at radius 2 is 1.74 bits per heavy atom. The fourth-order valence-corrected chi connectivity index (χ4v) is 4.64. The van der Waals surface area contributed by atoms with Gasteiger partial charge in [-0.2, -0.15) is 5.26 Å². The van der Waals surface area contributed by atoms with E-state index in [9.17, 15) is 15.2 Å². The second-order valence-electron chi connectivity index (χ2n) is 8.17. The standard InChI is InChI=1S/C27H18Cl2N4O2/c1-32-16-31-14-25(32)27(35,18-5-8-20(28)9-6-18)19-7-10-23-24(11-19)33(15-17(13-30)26(23)34)22-4-2-3-21(29)12-22/h2-12,14-16,35H,1H3. The number of aromatic nitrogens is 3. The van der Waals surface area contributed by atoms with Crippen molar-refractivity contribution >= 4 is 34.1 Å². The minimum Gasteiger partial charge on any atom is -0.374 e. The Morgan fingerprint density at radius 1 is 1.00 bits per heavy atom. The number of rotatable bonds is 4. The summed E-state index contributed by atoms with van der Waals surface area (Å²) >= 11 is 12.3. The van der Waals surface area contributed by atoms with Gasteiger partial charge in [-0.15, -0.1) is 0 Å². The summed E-state index contributed by atoms with van der Waals surface area (Å²) in [6, 6.07) is 21.1. The molecule has 5 rings (SSSR count). The lowest BCUT2D eigenvalue weighted by molar-refractivity contribution is 0.117. The van der Waals surface area contributed by atoms with Crippen LogP contribution in [0.4, 0.5) is 0 Å². The van der Waals surface area contributed by atoms with Crippen LogP contribution in [0.25, 0.3) is 16.6 Å². The predicted octanol–water partition coefficient (Wildman–Crippen LogP) is 5.19. The summed E-state index contributed by atoms with van der Waals surface area (Å²) in [7, 11) is 1.80. The van der Waals surface area contributed by atoms with Crippen molar-refractivity contribution in [3.8, 4) is 11.8 Å². The van der Waals surface area contributed by atoms with Crippen LogP contribution in [0.5, 0.6) is 0 Å². The van der Waals surface area contributed by atoms with E-state index in [1.165, 1.54) is 6.20 Å². The summed E-state index contributed by atoms with van der Waals surface area (Å²) in [5.41, 5.74) is 0.825. The Bertz CT molecular complexity index is 1680. The molecule has 2 heterocycles. The van der Waals surface area contributed by atoms with Gasteiger partial charge in [0.15, 0.2) is 5.60 Å². The van der Waals surface area contributed by atoms with Crippen LogP contribution >= 0.6 is 23.2 Å². The monoisotopic (exact) mass is 500 g/mol. The molecule has 0 amide bonds. The second kappa shape index (κ2) is 8.71. The molecule has 2 aromatic heterocycles. The normalized spacial score (nSPS) is 12.9. The van der Waals surface area contributed by atoms with E-state index in [0.29, 0.717) is 43.5 Å². The zero-order valence-electron chi connectivity index (χ0n) is 18.5. The van der Waals surface area contributed by atoms with Crippen molar-refractivity contribution in [2.24, 2.45) is 7.05 Å². The Morgan fingerprint density at radius 3 is 2.40 bits per heavy atom. The minimum absolute atomic E-state index is 0.00447. The van der Waals surface area contributed by atoms with E-state index in [1.807, 2.05) is 12.1 Å². The van der Waals surface area contributed by atoms with Gasteiger partial charge in [-0.05, 0) is 53.6 Å². The first-order valence-corrected chi connectivity index (χ1v) is 11.4. The average molecular weight is 501 g/mol. The number of benzene rings is 3. The third-order valence-corrected chi connectivity index (χ3v) is 6.57. The molecule has 5 aromatic rings. The number of aliphatic hydroxyl groups is 1. The number of fused-ring (bicyclic) bond motifs is 1. The highest BCUT2D eigenvalue weighted by molar-refractivity contribution is 6.31. The molecule has 0 saturated heterocycles. The van der Waals surface area contributed by atoms with E-state index >= 15 is 0 Å². The van der Waals surface area contributed by atoms with Gasteiger partial charge in [-0.1, -0.05) is 47.5 Å². The van der Waals surface area contributed by atoms with Crippen molar-refractivity contribution < 1.29 is 5.11 Å². The number of halogens is 2. The van der Waals surface area contributed by atoms with Gasteiger partial charge in [0.05, 0.1) is 23.7 Å². The molecule has 1 atom stereocenters. The van der Waals surface area contributed by atoms with Crippen molar-refractivity contribution in [2.75, 3.05) is 0 Å². The number of aryl methyl sites for hydroxylation is 1. The molecule has 0 aliphatic heterocycles. The maximum Gasteiger partial charge on any atom is 0.207 e. The number of nitriles is 1. The first-order chi connectivity index (χ1) is 16.8. The number of pyridine rings is 1. The van der Waals surface area contributed by atoms with Gasteiger partial charge < -0.3 is 14.2 Å². The first kappa shape index (κ1) is 22.9. The Labute approximate surface area is 210 Å². The molecule has 0 bridgehead atoms. The molecule has 3 aromatic carbocycles. The topological polar surface area (TPSA) is 83.8 Å². The zero-order chi connectivity index (χ0) is 24.7. The molecule has 0 spiro atoms. The number of hydrogen-bond acceptors (Lipinski definition) is 4. The van der Waals surface area contributed by atoms with E-state index in [2.05, 4.69) is 4.98 Å². The van der Waals surface area contributed by atoms with Crippen molar-refractivity contribution in [1.29, 1.82) is 5.26 Å². The molecule has 8 heteroatoms. The van der Waals surface area contributed by atoms with Crippen LogP contribution in [0.2, 0.25) is 10.0 Å². The fraction of sp³-hybridized carbons (Fsp3) is 0.0741. The van der Waals surface area contributed by atoms with Gasteiger partial charge >= 0.3 is 0 Å². The van der Waals surface area contributed by atoms with E-state index in [4.69, 9.17) is 23.2 Å². The third-order valence-electron chi connectivity index (χ3n) is 6.08. The molecular weight excluding hydrogens is 483 g/mol. The highest BCUT2D eigenvalue weighted by Crippen LogP contribution is 2.38. The lowest BCUT2D eigenvalue weighted by Crippen LogP contribution is -2.31. The van der Waals surface area contributed by atoms with Crippen molar-refractivity contribution in [2.45, 2.75) is 5.60 Å². The number of imidazole rings is 1. The molecule has 1 unspecified atom stereocenters. The summed E-state index contributed by atoms with van der Waals surface area (Å²) in [5, 5.41) is 23.2. The quantitative estimate of drug-likeness (QED) is 0.368. The molecular formula is C27H18Cl2N4O2. The summed E-state index contributed by atoms with van der Waals surface area (Å²) < 4.78 is 3.47. The van der Waals surface area contributed by atoms with Crippen molar-refractivity contribution in [3.63, 3.8) is 0 Å². The Balaban J connectivity index is 1.86. The molecule has 0 radical (unpaired) electrons. The second-order valence-corrected chi connectivity index (χ2v) is 9.05. The predicted molar refractivity (Wildman–Crippen MR) is 136 cm³/mol. The fourth-order valence-electron chi connectivity index (χ4n) is 4.33. The van der Waals surface area contributed by atoms with Crippen LogP contribution in [0.1, 0.15) is 22.4 Å². The summed E-state index contributed by atoms with van der Waals surface area (Å²) in [6.07, 6.45) is 4.70. The van der Waals surface area contributed by atoms with Crippen LogP contribution in [0, 0.1) is 11.3 Å². The summed E-state index contributed by atoms with van der Waals surface area (Å²) in [5.74, 6) is 0. The number of nitrogens with zero attached hydrogens (tertiary/aromatic N) is 4. The maximum absolute atomic E-state index is 13.0. The van der Waals surface area contributed by atoms with Gasteiger partial charge in [0.1, 0.15) is 11.6 Å². The van der Waals surface area contributed by atoms with Gasteiger partial charge in [0, 0.05) is 34.4 Å². The highest BCUT2D eigenvalue weighted by Gasteiger charge is 2.37. The molecule has 0 aliphatic rings. The minimum atomic E-state index is -1.60. The van der Waals surface area contributed by atoms with Crippen LogP contribution in [0.3, 0.4) is 0 Å². The SMILES string of the molecule is Cn1cncc1C(O)(c1ccc(Cl)cc1)c1ccc2c(=O)c(C#N)cn(-c3cccc(Cl)c3)c2c1. The van der Waals surface area contributed by atoms with Gasteiger partial charge in [0.25, 0.3) is 0 Å². The molecule has 1 N–H and O–H groups in total. The summed E-state index contributed by atoms with van der Waals surface area (Å²) in [6.45, 7) is 0. The molecule has 172 valence electrons. The van der Waals surface area contributed by atoms with E-state index in [1.54, 1.807) is 89.4 Å². The Hall–Kier alpha value is -3.89. The molecule has 35 heavy (non-hydrogen) atoms. The average Bonchev–Trinajstić information content (AvgIpc) is 3.30. The van der Waals surface area contributed by atoms with E-state index in [-0.39, 0.29) is 11.0 Å². The maximum atomic E-state index is 13.0. The van der Waals surface area contributed by atoms with Crippen LogP contribution in [0.15, 0.2) is 90.2 Å². The van der Waals surface area contributed by atoms with Gasteiger partial charge in [-0.3, -0.25) is 4.79 Å². The molecule has 6 nitrogen and oxygen atoms in total. The summed E-state index contributed by atoms with van der Waals surface area (Å²) in [4.78, 5) is 17.2. The van der Waals surface area contributed by atoms with Crippen molar-refractivity contribution in [3.05, 3.63) is 128 Å². The Kier molecular flexibility index (Phi) is 5.70. The lowest BCUT2D eigenvalue weighted by atomic mass is 9.83. The van der Waals surface area contributed by atoms with Crippen LogP contribution in [-0.2, 0) is 12.6 Å².